The molecule has 8 atom stereocenters. The van der Waals surface area contributed by atoms with Crippen molar-refractivity contribution in [2.45, 2.75) is 58.3 Å². The van der Waals surface area contributed by atoms with Gasteiger partial charge in [-0.1, -0.05) is 26.8 Å². The number of alkyl halides is 2. The Morgan fingerprint density at radius 1 is 1.26 bits per heavy atom. The van der Waals surface area contributed by atoms with Gasteiger partial charge in [0.25, 0.3) is 0 Å². The van der Waals surface area contributed by atoms with Gasteiger partial charge >= 0.3 is 0 Å². The van der Waals surface area contributed by atoms with Crippen LogP contribution in [0.5, 0.6) is 0 Å². The molecule has 0 aliphatic heterocycles. The molecule has 1 N–H and O–H groups in total. The van der Waals surface area contributed by atoms with Crippen molar-refractivity contribution in [3.05, 3.63) is 23.8 Å². The number of Topliss-reactive ketones (excluding diaryl/α,β-unsaturated/α-hetero) is 1. The predicted octanol–water partition coefficient (Wildman–Crippen LogP) is 3.76. The summed E-state index contributed by atoms with van der Waals surface area (Å²) < 4.78 is 32.0. The molecule has 0 radical (unpaired) electrons. The first-order valence-corrected chi connectivity index (χ1v) is 10.0. The molecule has 27 heavy (non-hydrogen) atoms. The van der Waals surface area contributed by atoms with E-state index in [4.69, 9.17) is 0 Å². The molecule has 2 saturated carbocycles. The predicted molar refractivity (Wildman–Crippen MR) is 97.4 cm³/mol. The van der Waals surface area contributed by atoms with Crippen LogP contribution >= 0.6 is 0 Å². The van der Waals surface area contributed by atoms with Gasteiger partial charge in [-0.3, -0.25) is 9.59 Å². The number of hydrogen-bond acceptors (Lipinski definition) is 3. The second kappa shape index (κ2) is 5.82. The molecule has 2 fully saturated rings. The van der Waals surface area contributed by atoms with Crippen LogP contribution in [0.25, 0.3) is 0 Å². The highest BCUT2D eigenvalue weighted by atomic mass is 19.1. The fourth-order valence-electron chi connectivity index (χ4n) is 6.87. The number of allylic oxidation sites excluding steroid dienone is 4. The number of hydrogen-bond donors (Lipinski definition) is 1. The third-order valence-electron chi connectivity index (χ3n) is 8.57. The van der Waals surface area contributed by atoms with Gasteiger partial charge in [0.2, 0.25) is 0 Å². The Labute approximate surface area is 158 Å². The highest BCUT2D eigenvalue weighted by Gasteiger charge is 2.68. The van der Waals surface area contributed by atoms with Gasteiger partial charge < -0.3 is 5.11 Å². The quantitative estimate of drug-likeness (QED) is 0.745. The second-order valence-corrected chi connectivity index (χ2v) is 9.51. The first kappa shape index (κ1) is 19.0. The van der Waals surface area contributed by atoms with Crippen molar-refractivity contribution in [2.24, 2.45) is 34.5 Å². The Hall–Kier alpha value is -1.36. The topological polar surface area (TPSA) is 54.4 Å². The number of carbonyl (C=O) groups is 2. The molecule has 0 bridgehead atoms. The monoisotopic (exact) mass is 378 g/mol. The van der Waals surface area contributed by atoms with Crippen molar-refractivity contribution >= 4 is 11.6 Å². The zero-order chi connectivity index (χ0) is 19.8. The Kier molecular flexibility index (Phi) is 4.09. The van der Waals surface area contributed by atoms with Crippen LogP contribution in [0.3, 0.4) is 0 Å². The standard InChI is InChI=1S/C22H28F2O3/c1-12-8-13(26)9-17-18(23)10-16-14-4-5-15(19(27)11-25)20(14,2)6-7-22(16,24)21(12,17)3/h6-7,9,12,14-16,18,25H,4-5,8,10-11H2,1-3H3/t12?,14-,15+,16-,18?,20-,21-,22+/m0/s1. The summed E-state index contributed by atoms with van der Waals surface area (Å²) in [5.41, 5.74) is -3.03. The molecule has 4 aliphatic carbocycles. The summed E-state index contributed by atoms with van der Waals surface area (Å²) in [5.74, 6) is -1.65. The maximum absolute atomic E-state index is 16.8. The molecule has 0 aromatic rings. The Balaban J connectivity index is 1.84. The number of fused-ring (bicyclic) bond motifs is 5. The average molecular weight is 378 g/mol. The zero-order valence-corrected chi connectivity index (χ0v) is 16.2. The van der Waals surface area contributed by atoms with Gasteiger partial charge in [0.05, 0.1) is 0 Å². The Bertz CT molecular complexity index is 759. The summed E-state index contributed by atoms with van der Waals surface area (Å²) in [4.78, 5) is 24.3. The largest absolute Gasteiger partial charge is 0.389 e. The lowest BCUT2D eigenvalue weighted by Gasteiger charge is -2.60. The number of rotatable bonds is 2. The average Bonchev–Trinajstić information content (AvgIpc) is 2.96. The lowest BCUT2D eigenvalue weighted by Crippen LogP contribution is -2.63. The fourth-order valence-corrected chi connectivity index (χ4v) is 6.87. The van der Waals surface area contributed by atoms with E-state index in [1.165, 1.54) is 6.08 Å². The van der Waals surface area contributed by atoms with Gasteiger partial charge in [-0.05, 0) is 54.2 Å². The highest BCUT2D eigenvalue weighted by molar-refractivity contribution is 5.92. The molecule has 4 aliphatic rings. The first-order chi connectivity index (χ1) is 12.6. The lowest BCUT2D eigenvalue weighted by atomic mass is 9.45. The van der Waals surface area contributed by atoms with Crippen molar-refractivity contribution in [3.8, 4) is 0 Å². The van der Waals surface area contributed by atoms with E-state index in [1.54, 1.807) is 13.0 Å². The molecule has 0 heterocycles. The zero-order valence-electron chi connectivity index (χ0n) is 16.2. The number of aliphatic hydroxyl groups excluding tert-OH is 1. The Morgan fingerprint density at radius 3 is 2.63 bits per heavy atom. The molecular formula is C22H28F2O3. The van der Waals surface area contributed by atoms with Gasteiger partial charge in [0.15, 0.2) is 11.6 Å². The summed E-state index contributed by atoms with van der Waals surface area (Å²) in [7, 11) is 0. The second-order valence-electron chi connectivity index (χ2n) is 9.51. The number of halogens is 2. The molecule has 0 amide bonds. The van der Waals surface area contributed by atoms with Crippen molar-refractivity contribution in [1.29, 1.82) is 0 Å². The molecule has 2 unspecified atom stereocenters. The summed E-state index contributed by atoms with van der Waals surface area (Å²) in [6, 6.07) is 0. The lowest BCUT2D eigenvalue weighted by molar-refractivity contribution is -0.135. The van der Waals surface area contributed by atoms with Gasteiger partial charge in [-0.25, -0.2) is 8.78 Å². The fraction of sp³-hybridized carbons (Fsp3) is 0.727. The van der Waals surface area contributed by atoms with E-state index in [1.807, 2.05) is 19.9 Å². The third kappa shape index (κ3) is 2.21. The van der Waals surface area contributed by atoms with Crippen LogP contribution in [0.4, 0.5) is 8.78 Å². The van der Waals surface area contributed by atoms with Crippen LogP contribution in [-0.2, 0) is 9.59 Å². The van der Waals surface area contributed by atoms with Crippen LogP contribution in [0.15, 0.2) is 23.8 Å². The molecule has 0 saturated heterocycles. The van der Waals surface area contributed by atoms with Gasteiger partial charge in [-0.2, -0.15) is 0 Å². The summed E-state index contributed by atoms with van der Waals surface area (Å²) >= 11 is 0. The van der Waals surface area contributed by atoms with Crippen molar-refractivity contribution in [2.75, 3.05) is 6.61 Å². The van der Waals surface area contributed by atoms with Gasteiger partial charge in [0.1, 0.15) is 18.4 Å². The summed E-state index contributed by atoms with van der Waals surface area (Å²) in [5, 5.41) is 9.33. The van der Waals surface area contributed by atoms with Crippen LogP contribution in [0, 0.1) is 34.5 Å². The van der Waals surface area contributed by atoms with Crippen molar-refractivity contribution in [3.63, 3.8) is 0 Å². The molecule has 4 rings (SSSR count). The minimum Gasteiger partial charge on any atom is -0.389 e. The minimum atomic E-state index is -1.73. The van der Waals surface area contributed by atoms with E-state index in [2.05, 4.69) is 0 Å². The maximum Gasteiger partial charge on any atom is 0.162 e. The van der Waals surface area contributed by atoms with Crippen LogP contribution in [-0.4, -0.2) is 35.1 Å². The van der Waals surface area contributed by atoms with Crippen molar-refractivity contribution < 1.29 is 23.5 Å². The van der Waals surface area contributed by atoms with Crippen LogP contribution < -0.4 is 0 Å². The molecule has 5 heteroatoms. The number of carbonyl (C=O) groups excluding carboxylic acids is 2. The Morgan fingerprint density at radius 2 is 1.96 bits per heavy atom. The molecule has 148 valence electrons. The molecule has 0 aromatic heterocycles. The van der Waals surface area contributed by atoms with Gasteiger partial charge in [-0.15, -0.1) is 0 Å². The van der Waals surface area contributed by atoms with E-state index >= 15 is 8.78 Å². The smallest absolute Gasteiger partial charge is 0.162 e. The third-order valence-corrected chi connectivity index (χ3v) is 8.57. The number of ketones is 2. The highest BCUT2D eigenvalue weighted by Crippen LogP contribution is 2.68. The van der Waals surface area contributed by atoms with E-state index in [-0.39, 0.29) is 42.2 Å². The molecule has 0 aromatic carbocycles. The van der Waals surface area contributed by atoms with E-state index in [9.17, 15) is 14.7 Å². The first-order valence-electron chi connectivity index (χ1n) is 10.0. The minimum absolute atomic E-state index is 0.0442. The summed E-state index contributed by atoms with van der Waals surface area (Å²) in [6.45, 7) is 5.05. The number of aliphatic hydroxyl groups is 1. The van der Waals surface area contributed by atoms with Gasteiger partial charge in [0, 0.05) is 23.7 Å². The maximum atomic E-state index is 16.8. The molecule has 0 spiro atoms. The van der Waals surface area contributed by atoms with Crippen LogP contribution in [0.1, 0.15) is 46.5 Å². The molecule has 3 nitrogen and oxygen atoms in total. The summed E-state index contributed by atoms with van der Waals surface area (Å²) in [6.07, 6.45) is 4.93. The van der Waals surface area contributed by atoms with Crippen LogP contribution in [0.2, 0.25) is 0 Å². The van der Waals surface area contributed by atoms with E-state index in [0.717, 1.165) is 0 Å². The van der Waals surface area contributed by atoms with Crippen molar-refractivity contribution in [1.82, 2.24) is 0 Å². The SMILES string of the molecule is CC1CC(=O)C=C2C(F)C[C@H]3[C@@H]4CC[C@H](C(=O)CO)[C@@]4(C)C=C[C@]3(F)[C@]21C. The molecular weight excluding hydrogens is 350 g/mol. The van der Waals surface area contributed by atoms with E-state index < -0.39 is 35.2 Å². The normalized spacial score (nSPS) is 51.3. The van der Waals surface area contributed by atoms with E-state index in [0.29, 0.717) is 18.4 Å².